The molecular formula is C14H10F3N5O. The molecule has 0 radical (unpaired) electrons. The quantitative estimate of drug-likeness (QED) is 0.847. The zero-order valence-electron chi connectivity index (χ0n) is 11.8. The fourth-order valence-corrected chi connectivity index (χ4v) is 1.79. The highest BCUT2D eigenvalue weighted by Gasteiger charge is 2.35. The number of pyridine rings is 2. The summed E-state index contributed by atoms with van der Waals surface area (Å²) in [5, 5.41) is 8.98. The molecule has 0 aliphatic carbocycles. The Kier molecular flexibility index (Phi) is 4.45. The van der Waals surface area contributed by atoms with Crippen LogP contribution in [-0.4, -0.2) is 15.9 Å². The summed E-state index contributed by atoms with van der Waals surface area (Å²) in [7, 11) is 0. The van der Waals surface area contributed by atoms with Gasteiger partial charge in [-0.15, -0.1) is 0 Å². The molecular weight excluding hydrogens is 311 g/mol. The fourth-order valence-electron chi connectivity index (χ4n) is 1.79. The first-order valence-electron chi connectivity index (χ1n) is 6.28. The van der Waals surface area contributed by atoms with Crippen molar-refractivity contribution in [3.63, 3.8) is 0 Å². The van der Waals surface area contributed by atoms with Gasteiger partial charge < -0.3 is 0 Å². The van der Waals surface area contributed by atoms with Gasteiger partial charge >= 0.3 is 6.18 Å². The Labute approximate surface area is 129 Å². The Balaban J connectivity index is 2.29. The van der Waals surface area contributed by atoms with Gasteiger partial charge in [0.1, 0.15) is 11.6 Å². The summed E-state index contributed by atoms with van der Waals surface area (Å²) >= 11 is 0. The van der Waals surface area contributed by atoms with Crippen molar-refractivity contribution in [2.45, 2.75) is 13.1 Å². The third-order valence-corrected chi connectivity index (χ3v) is 2.80. The van der Waals surface area contributed by atoms with Gasteiger partial charge in [0.25, 0.3) is 5.91 Å². The monoisotopic (exact) mass is 321 g/mol. The van der Waals surface area contributed by atoms with E-state index in [-0.39, 0.29) is 17.1 Å². The van der Waals surface area contributed by atoms with Gasteiger partial charge in [-0.1, -0.05) is 0 Å². The van der Waals surface area contributed by atoms with Crippen molar-refractivity contribution in [3.05, 3.63) is 53.0 Å². The summed E-state index contributed by atoms with van der Waals surface area (Å²) in [6, 6.07) is 5.07. The lowest BCUT2D eigenvalue weighted by Gasteiger charge is -2.14. The Bertz CT molecular complexity index is 768. The number of alkyl halides is 3. The van der Waals surface area contributed by atoms with Gasteiger partial charge in [-0.2, -0.15) is 18.4 Å². The predicted molar refractivity (Wildman–Crippen MR) is 74.0 cm³/mol. The van der Waals surface area contributed by atoms with Crippen LogP contribution >= 0.6 is 0 Å². The molecule has 23 heavy (non-hydrogen) atoms. The van der Waals surface area contributed by atoms with Crippen LogP contribution in [0.2, 0.25) is 0 Å². The highest BCUT2D eigenvalue weighted by Crippen LogP contribution is 2.34. The topological polar surface area (TPSA) is 90.7 Å². The molecule has 0 aromatic carbocycles. The fraction of sp³-hybridized carbons (Fsp3) is 0.143. The average molecular weight is 321 g/mol. The van der Waals surface area contributed by atoms with Crippen LogP contribution in [0.25, 0.3) is 0 Å². The number of rotatable bonds is 3. The van der Waals surface area contributed by atoms with E-state index in [0.29, 0.717) is 0 Å². The largest absolute Gasteiger partial charge is 0.417 e. The second-order valence-corrected chi connectivity index (χ2v) is 4.46. The van der Waals surface area contributed by atoms with E-state index in [1.54, 1.807) is 0 Å². The van der Waals surface area contributed by atoms with E-state index in [2.05, 4.69) is 20.8 Å². The lowest BCUT2D eigenvalue weighted by molar-refractivity contribution is -0.137. The summed E-state index contributed by atoms with van der Waals surface area (Å²) in [4.78, 5) is 19.4. The second kappa shape index (κ2) is 6.31. The third kappa shape index (κ3) is 3.74. The van der Waals surface area contributed by atoms with E-state index in [9.17, 15) is 18.0 Å². The van der Waals surface area contributed by atoms with Crippen molar-refractivity contribution >= 4 is 11.7 Å². The third-order valence-electron chi connectivity index (χ3n) is 2.80. The van der Waals surface area contributed by atoms with Crippen molar-refractivity contribution in [2.75, 3.05) is 5.43 Å². The molecule has 0 unspecified atom stereocenters. The summed E-state index contributed by atoms with van der Waals surface area (Å²) in [5.74, 6) is -0.976. The maximum absolute atomic E-state index is 13.0. The molecule has 0 spiro atoms. The molecule has 2 N–H and O–H groups in total. The van der Waals surface area contributed by atoms with E-state index < -0.39 is 23.2 Å². The van der Waals surface area contributed by atoms with Crippen LogP contribution in [0.15, 0.2) is 30.6 Å². The summed E-state index contributed by atoms with van der Waals surface area (Å²) in [6.07, 6.45) is -1.92. The molecule has 0 bridgehead atoms. The van der Waals surface area contributed by atoms with Crippen molar-refractivity contribution in [1.82, 2.24) is 15.4 Å². The Morgan fingerprint density at radius 1 is 1.30 bits per heavy atom. The molecule has 0 saturated carbocycles. The van der Waals surface area contributed by atoms with Crippen LogP contribution in [0.4, 0.5) is 19.0 Å². The zero-order valence-corrected chi connectivity index (χ0v) is 11.8. The molecule has 1 amide bonds. The first kappa shape index (κ1) is 16.2. The van der Waals surface area contributed by atoms with E-state index in [4.69, 9.17) is 5.26 Å². The van der Waals surface area contributed by atoms with Gasteiger partial charge in [-0.05, 0) is 25.1 Å². The number of aryl methyl sites for hydroxylation is 1. The van der Waals surface area contributed by atoms with Gasteiger partial charge in [0.05, 0.1) is 5.56 Å². The van der Waals surface area contributed by atoms with Gasteiger partial charge in [-0.3, -0.25) is 20.6 Å². The normalized spacial score (nSPS) is 10.7. The highest BCUT2D eigenvalue weighted by atomic mass is 19.4. The molecule has 0 aliphatic heterocycles. The molecule has 2 aromatic rings. The van der Waals surface area contributed by atoms with Gasteiger partial charge in [0, 0.05) is 23.7 Å². The number of halogens is 3. The van der Waals surface area contributed by atoms with E-state index in [0.717, 1.165) is 6.07 Å². The maximum atomic E-state index is 13.0. The van der Waals surface area contributed by atoms with Crippen molar-refractivity contribution in [3.8, 4) is 6.07 Å². The number of nitriles is 1. The lowest BCUT2D eigenvalue weighted by atomic mass is 10.1. The number of anilines is 1. The minimum absolute atomic E-state index is 0.0528. The number of amides is 1. The Hall–Kier alpha value is -3.15. The second-order valence-electron chi connectivity index (χ2n) is 4.46. The van der Waals surface area contributed by atoms with Crippen LogP contribution in [0, 0.1) is 18.3 Å². The molecule has 2 heterocycles. The molecule has 118 valence electrons. The average Bonchev–Trinajstić information content (AvgIpc) is 2.52. The maximum Gasteiger partial charge on any atom is 0.417 e. The molecule has 0 fully saturated rings. The molecule has 0 aliphatic rings. The first-order chi connectivity index (χ1) is 10.8. The van der Waals surface area contributed by atoms with E-state index in [1.165, 1.54) is 37.5 Å². The summed E-state index contributed by atoms with van der Waals surface area (Å²) < 4.78 is 38.9. The smallest absolute Gasteiger partial charge is 0.280 e. The number of hydrogen-bond donors (Lipinski definition) is 2. The summed E-state index contributed by atoms with van der Waals surface area (Å²) in [6.45, 7) is 1.35. The molecule has 6 nitrogen and oxygen atoms in total. The first-order valence-corrected chi connectivity index (χ1v) is 6.28. The van der Waals surface area contributed by atoms with Crippen LogP contribution in [0.1, 0.15) is 27.2 Å². The van der Waals surface area contributed by atoms with Crippen LogP contribution in [0.3, 0.4) is 0 Å². The van der Waals surface area contributed by atoms with Crippen LogP contribution < -0.4 is 10.9 Å². The van der Waals surface area contributed by atoms with Crippen molar-refractivity contribution in [2.24, 2.45) is 0 Å². The SMILES string of the molecule is Cc1cc(C(F)(F)F)c(C#N)c(NNC(=O)c2ccncc2)n1. The highest BCUT2D eigenvalue weighted by molar-refractivity contribution is 5.94. The molecule has 9 heteroatoms. The van der Waals surface area contributed by atoms with Crippen LogP contribution in [0.5, 0.6) is 0 Å². The minimum Gasteiger partial charge on any atom is -0.280 e. The number of carbonyl (C=O) groups is 1. The number of nitrogens with one attached hydrogen (secondary N) is 2. The number of carbonyl (C=O) groups excluding carboxylic acids is 1. The predicted octanol–water partition coefficient (Wildman–Crippen LogP) is 2.43. The van der Waals surface area contributed by atoms with Crippen LogP contribution in [-0.2, 0) is 6.18 Å². The standard InChI is InChI=1S/C14H10F3N5O/c1-8-6-11(14(15,16)17)10(7-18)12(20-8)21-22-13(23)9-2-4-19-5-3-9/h2-6H,1H3,(H,20,21)(H,22,23). The Morgan fingerprint density at radius 2 is 1.96 bits per heavy atom. The van der Waals surface area contributed by atoms with E-state index in [1.807, 2.05) is 0 Å². The number of hydrogen-bond acceptors (Lipinski definition) is 5. The Morgan fingerprint density at radius 3 is 2.52 bits per heavy atom. The zero-order chi connectivity index (χ0) is 17.0. The number of aromatic nitrogens is 2. The van der Waals surface area contributed by atoms with Gasteiger partial charge in [0.15, 0.2) is 5.82 Å². The number of nitrogens with zero attached hydrogens (tertiary/aromatic N) is 3. The molecule has 2 aromatic heterocycles. The van der Waals surface area contributed by atoms with Gasteiger partial charge in [-0.25, -0.2) is 4.98 Å². The van der Waals surface area contributed by atoms with Crippen molar-refractivity contribution in [1.29, 1.82) is 5.26 Å². The van der Waals surface area contributed by atoms with Crippen molar-refractivity contribution < 1.29 is 18.0 Å². The van der Waals surface area contributed by atoms with Gasteiger partial charge in [0.2, 0.25) is 0 Å². The minimum atomic E-state index is -4.70. The summed E-state index contributed by atoms with van der Waals surface area (Å²) in [5.41, 5.74) is 2.94. The molecule has 0 atom stereocenters. The molecule has 0 saturated heterocycles. The lowest BCUT2D eigenvalue weighted by Crippen LogP contribution is -2.30. The van der Waals surface area contributed by atoms with E-state index >= 15 is 0 Å². The number of hydrazine groups is 1. The molecule has 2 rings (SSSR count).